The molecular weight excluding hydrogens is 226 g/mol. The lowest BCUT2D eigenvalue weighted by atomic mass is 10.2. The van der Waals surface area contributed by atoms with Crippen LogP contribution >= 0.6 is 11.8 Å². The number of benzene rings is 1. The lowest BCUT2D eigenvalue weighted by Crippen LogP contribution is -2.22. The number of nitrogens with two attached hydrogens (primary N) is 1. The molecule has 1 aromatic rings. The van der Waals surface area contributed by atoms with Crippen LogP contribution in [0.3, 0.4) is 0 Å². The molecule has 1 aromatic carbocycles. The third-order valence-electron chi connectivity index (χ3n) is 1.95. The maximum absolute atomic E-state index is 11.7. The second-order valence-electron chi connectivity index (χ2n) is 3.23. The van der Waals surface area contributed by atoms with Gasteiger partial charge in [0.05, 0.1) is 6.42 Å². The molecule has 1 unspecified atom stereocenters. The van der Waals surface area contributed by atoms with Crippen molar-refractivity contribution in [2.45, 2.75) is 11.7 Å². The SMILES string of the molecule is NCC(CC(=O)O)SC(=O)c1ccccc1. The molecule has 0 bridgehead atoms. The average Bonchev–Trinajstić information content (AvgIpc) is 2.28. The Morgan fingerprint density at radius 1 is 1.31 bits per heavy atom. The molecular formula is C11H13NO3S. The van der Waals surface area contributed by atoms with Crippen molar-refractivity contribution in [1.29, 1.82) is 0 Å². The molecule has 16 heavy (non-hydrogen) atoms. The molecule has 0 aliphatic rings. The summed E-state index contributed by atoms with van der Waals surface area (Å²) in [6, 6.07) is 8.75. The van der Waals surface area contributed by atoms with E-state index in [0.29, 0.717) is 5.56 Å². The van der Waals surface area contributed by atoms with E-state index in [1.54, 1.807) is 24.3 Å². The van der Waals surface area contributed by atoms with E-state index < -0.39 is 5.97 Å². The molecule has 1 rings (SSSR count). The van der Waals surface area contributed by atoms with E-state index in [-0.39, 0.29) is 23.3 Å². The smallest absolute Gasteiger partial charge is 0.304 e. The molecule has 0 saturated carbocycles. The molecule has 4 nitrogen and oxygen atoms in total. The van der Waals surface area contributed by atoms with Crippen molar-refractivity contribution in [3.63, 3.8) is 0 Å². The van der Waals surface area contributed by atoms with E-state index in [9.17, 15) is 9.59 Å². The van der Waals surface area contributed by atoms with Crippen LogP contribution in [0.1, 0.15) is 16.8 Å². The number of hydrogen-bond acceptors (Lipinski definition) is 4. The van der Waals surface area contributed by atoms with E-state index in [2.05, 4.69) is 0 Å². The first-order chi connectivity index (χ1) is 7.63. The van der Waals surface area contributed by atoms with Crippen LogP contribution in [0.5, 0.6) is 0 Å². The number of carbonyl (C=O) groups is 2. The van der Waals surface area contributed by atoms with Gasteiger partial charge in [0.15, 0.2) is 0 Å². The summed E-state index contributed by atoms with van der Waals surface area (Å²) in [5.41, 5.74) is 5.98. The van der Waals surface area contributed by atoms with E-state index in [0.717, 1.165) is 11.8 Å². The molecule has 86 valence electrons. The highest BCUT2D eigenvalue weighted by Crippen LogP contribution is 2.19. The first kappa shape index (κ1) is 12.7. The predicted octanol–water partition coefficient (Wildman–Crippen LogP) is 1.36. The molecule has 0 heterocycles. The van der Waals surface area contributed by atoms with Crippen LogP contribution in [0.15, 0.2) is 30.3 Å². The minimum Gasteiger partial charge on any atom is -0.481 e. The molecule has 3 N–H and O–H groups in total. The van der Waals surface area contributed by atoms with Crippen molar-refractivity contribution in [3.8, 4) is 0 Å². The fourth-order valence-corrected chi connectivity index (χ4v) is 2.06. The number of thioether (sulfide) groups is 1. The summed E-state index contributed by atoms with van der Waals surface area (Å²) in [6.45, 7) is 0.176. The molecule has 0 aromatic heterocycles. The van der Waals surface area contributed by atoms with Gasteiger partial charge in [-0.1, -0.05) is 42.1 Å². The van der Waals surface area contributed by atoms with Crippen molar-refractivity contribution in [2.24, 2.45) is 5.73 Å². The maximum atomic E-state index is 11.7. The highest BCUT2D eigenvalue weighted by Gasteiger charge is 2.17. The van der Waals surface area contributed by atoms with Crippen molar-refractivity contribution in [3.05, 3.63) is 35.9 Å². The molecule has 0 fully saturated rings. The topological polar surface area (TPSA) is 80.4 Å². The molecule has 1 atom stereocenters. The van der Waals surface area contributed by atoms with Crippen LogP contribution in [0.25, 0.3) is 0 Å². The van der Waals surface area contributed by atoms with Gasteiger partial charge in [-0.15, -0.1) is 0 Å². The average molecular weight is 239 g/mol. The van der Waals surface area contributed by atoms with Gasteiger partial charge in [-0.05, 0) is 0 Å². The molecule has 0 aliphatic heterocycles. The van der Waals surface area contributed by atoms with Gasteiger partial charge in [0.25, 0.3) is 0 Å². The van der Waals surface area contributed by atoms with Crippen LogP contribution in [-0.4, -0.2) is 28.0 Å². The van der Waals surface area contributed by atoms with E-state index in [4.69, 9.17) is 10.8 Å². The van der Waals surface area contributed by atoms with Gasteiger partial charge in [0, 0.05) is 17.4 Å². The Kier molecular flexibility index (Phi) is 5.01. The molecule has 5 heteroatoms. The van der Waals surface area contributed by atoms with E-state index in [1.807, 2.05) is 6.07 Å². The quantitative estimate of drug-likeness (QED) is 0.811. The summed E-state index contributed by atoms with van der Waals surface area (Å²) in [5, 5.41) is 8.11. The Morgan fingerprint density at radius 3 is 2.44 bits per heavy atom. The molecule has 0 saturated heterocycles. The zero-order valence-corrected chi connectivity index (χ0v) is 9.44. The molecule has 0 spiro atoms. The lowest BCUT2D eigenvalue weighted by molar-refractivity contribution is -0.136. The largest absolute Gasteiger partial charge is 0.481 e. The summed E-state index contributed by atoms with van der Waals surface area (Å²) in [6.07, 6.45) is -0.0975. The second kappa shape index (κ2) is 6.30. The summed E-state index contributed by atoms with van der Waals surface area (Å²) >= 11 is 0.981. The summed E-state index contributed by atoms with van der Waals surface area (Å²) in [5.74, 6) is -0.941. The summed E-state index contributed by atoms with van der Waals surface area (Å²) in [4.78, 5) is 22.2. The fraction of sp³-hybridized carbons (Fsp3) is 0.273. The van der Waals surface area contributed by atoms with Crippen LogP contribution < -0.4 is 5.73 Å². The van der Waals surface area contributed by atoms with Crippen molar-refractivity contribution >= 4 is 22.8 Å². The minimum absolute atomic E-state index is 0.0975. The molecule has 0 aliphatic carbocycles. The lowest BCUT2D eigenvalue weighted by Gasteiger charge is -2.10. The number of hydrogen-bond donors (Lipinski definition) is 2. The van der Waals surface area contributed by atoms with Crippen molar-refractivity contribution in [2.75, 3.05) is 6.54 Å². The number of carbonyl (C=O) groups excluding carboxylic acids is 1. The number of aliphatic carboxylic acids is 1. The third kappa shape index (κ3) is 4.04. The zero-order valence-electron chi connectivity index (χ0n) is 8.63. The van der Waals surface area contributed by atoms with Gasteiger partial charge in [0.1, 0.15) is 0 Å². The highest BCUT2D eigenvalue weighted by molar-refractivity contribution is 8.14. The highest BCUT2D eigenvalue weighted by atomic mass is 32.2. The standard InChI is InChI=1S/C11H13NO3S/c12-7-9(6-10(13)14)16-11(15)8-4-2-1-3-5-8/h1-5,9H,6-7,12H2,(H,13,14). The molecule has 0 amide bonds. The van der Waals surface area contributed by atoms with Crippen LogP contribution in [0.4, 0.5) is 0 Å². The van der Waals surface area contributed by atoms with Crippen LogP contribution in [0.2, 0.25) is 0 Å². The van der Waals surface area contributed by atoms with Gasteiger partial charge in [0.2, 0.25) is 5.12 Å². The first-order valence-electron chi connectivity index (χ1n) is 4.81. The summed E-state index contributed by atoms with van der Waals surface area (Å²) in [7, 11) is 0. The third-order valence-corrected chi connectivity index (χ3v) is 3.09. The number of rotatable bonds is 5. The Hall–Kier alpha value is -1.33. The first-order valence-corrected chi connectivity index (χ1v) is 5.69. The minimum atomic E-state index is -0.941. The van der Waals surface area contributed by atoms with Gasteiger partial charge in [-0.3, -0.25) is 9.59 Å². The van der Waals surface area contributed by atoms with Crippen LogP contribution in [-0.2, 0) is 4.79 Å². The Labute approximate surface area is 97.8 Å². The van der Waals surface area contributed by atoms with Crippen molar-refractivity contribution < 1.29 is 14.7 Å². The fourth-order valence-electron chi connectivity index (χ4n) is 1.16. The normalized spacial score (nSPS) is 12.1. The van der Waals surface area contributed by atoms with Crippen LogP contribution in [0, 0.1) is 0 Å². The van der Waals surface area contributed by atoms with Gasteiger partial charge in [-0.2, -0.15) is 0 Å². The summed E-state index contributed by atoms with van der Waals surface area (Å²) < 4.78 is 0. The van der Waals surface area contributed by atoms with E-state index in [1.165, 1.54) is 0 Å². The van der Waals surface area contributed by atoms with Gasteiger partial charge in [-0.25, -0.2) is 0 Å². The van der Waals surface area contributed by atoms with Gasteiger partial charge >= 0.3 is 5.97 Å². The zero-order chi connectivity index (χ0) is 12.0. The predicted molar refractivity (Wildman–Crippen MR) is 63.5 cm³/mol. The van der Waals surface area contributed by atoms with Gasteiger partial charge < -0.3 is 10.8 Å². The number of carboxylic acid groups (broad SMARTS) is 1. The maximum Gasteiger partial charge on any atom is 0.304 e. The molecule has 0 radical (unpaired) electrons. The van der Waals surface area contributed by atoms with E-state index >= 15 is 0 Å². The Morgan fingerprint density at radius 2 is 1.94 bits per heavy atom. The number of carboxylic acids is 1. The Balaban J connectivity index is 2.59. The monoisotopic (exact) mass is 239 g/mol. The Bertz CT molecular complexity index is 367. The van der Waals surface area contributed by atoms with Crippen molar-refractivity contribution in [1.82, 2.24) is 0 Å². The second-order valence-corrected chi connectivity index (χ2v) is 4.50.